The van der Waals surface area contributed by atoms with Crippen molar-refractivity contribution in [1.29, 1.82) is 0 Å². The minimum atomic E-state index is 0.557. The molecule has 0 aliphatic heterocycles. The minimum Gasteiger partial charge on any atom is -0.312 e. The van der Waals surface area contributed by atoms with Crippen LogP contribution in [0.5, 0.6) is 0 Å². The predicted molar refractivity (Wildman–Crippen MR) is 232 cm³/mol. The Morgan fingerprint density at radius 3 is 2.11 bits per heavy atom. The molecule has 0 saturated carbocycles. The standard InChI is InChI=1S/C51H32N4S/c1-2-14-33(15-3-1)36-16-12-17-37(32-36)50-52-49(53-51(54-50)43-23-13-22-42-41-21-7-11-27-47(41)56-48(42)43)35-30-28-34(29-31-35)38-18-4-8-24-44(38)55-45-25-9-5-19-39(45)40-20-6-10-26-46(40)55/h1-9,11-25,27-28,30,32H,10,26H2. The summed E-state index contributed by atoms with van der Waals surface area (Å²) in [4.78, 5) is 15.5. The van der Waals surface area contributed by atoms with Crippen LogP contribution in [0.25, 0.3) is 99.3 Å². The Morgan fingerprint density at radius 1 is 0.518 bits per heavy atom. The number of hydrogen-bond acceptors (Lipinski definition) is 4. The third-order valence-electron chi connectivity index (χ3n) is 10.8. The summed E-state index contributed by atoms with van der Waals surface area (Å²) in [5, 5.41) is 3.72. The third kappa shape index (κ3) is 5.42. The van der Waals surface area contributed by atoms with Crippen LogP contribution in [0.1, 0.15) is 17.7 Å². The highest BCUT2D eigenvalue weighted by Crippen LogP contribution is 2.40. The fraction of sp³-hybridized carbons (Fsp3) is 0.0392. The molecule has 3 aromatic heterocycles. The van der Waals surface area contributed by atoms with Gasteiger partial charge in [0.25, 0.3) is 0 Å². The van der Waals surface area contributed by atoms with E-state index in [1.807, 2.05) is 6.07 Å². The van der Waals surface area contributed by atoms with Gasteiger partial charge in [-0.2, -0.15) is 0 Å². The molecule has 0 atom stereocenters. The second kappa shape index (κ2) is 13.3. The Balaban J connectivity index is 1.05. The van der Waals surface area contributed by atoms with Crippen molar-refractivity contribution >= 4 is 48.5 Å². The summed E-state index contributed by atoms with van der Waals surface area (Å²) in [6, 6.07) is 62.3. The number of para-hydroxylation sites is 2. The van der Waals surface area contributed by atoms with Crippen molar-refractivity contribution in [3.63, 3.8) is 0 Å². The van der Waals surface area contributed by atoms with Crippen LogP contribution in [0.4, 0.5) is 0 Å². The van der Waals surface area contributed by atoms with Gasteiger partial charge in [0.1, 0.15) is 0 Å². The van der Waals surface area contributed by atoms with E-state index in [9.17, 15) is 0 Å². The van der Waals surface area contributed by atoms with Gasteiger partial charge in [0.2, 0.25) is 0 Å². The van der Waals surface area contributed by atoms with Crippen LogP contribution in [0, 0.1) is 12.1 Å². The summed E-state index contributed by atoms with van der Waals surface area (Å²) in [6.45, 7) is 0. The number of aromatic nitrogens is 4. The van der Waals surface area contributed by atoms with Crippen molar-refractivity contribution < 1.29 is 0 Å². The minimum absolute atomic E-state index is 0.557. The lowest BCUT2D eigenvalue weighted by Gasteiger charge is -2.16. The maximum Gasteiger partial charge on any atom is 0.172 e. The lowest BCUT2D eigenvalue weighted by Crippen LogP contribution is -2.04. The second-order valence-electron chi connectivity index (χ2n) is 14.1. The number of rotatable bonds is 6. The highest BCUT2D eigenvalue weighted by atomic mass is 32.1. The van der Waals surface area contributed by atoms with Gasteiger partial charge >= 0.3 is 0 Å². The lowest BCUT2D eigenvalue weighted by molar-refractivity contribution is 0.889. The summed E-state index contributed by atoms with van der Waals surface area (Å²) < 4.78 is 4.84. The molecule has 3 heterocycles. The van der Waals surface area contributed by atoms with Crippen LogP contribution < -0.4 is 0 Å². The Kier molecular flexibility index (Phi) is 7.68. The first-order valence-electron chi connectivity index (χ1n) is 18.9. The molecule has 1 aliphatic carbocycles. The highest BCUT2D eigenvalue weighted by Gasteiger charge is 2.21. The van der Waals surface area contributed by atoms with E-state index in [4.69, 9.17) is 15.0 Å². The molecule has 1 aliphatic rings. The van der Waals surface area contributed by atoms with Gasteiger partial charge in [0.15, 0.2) is 17.5 Å². The van der Waals surface area contributed by atoms with Crippen LogP contribution in [-0.4, -0.2) is 19.5 Å². The molecule has 0 spiro atoms. The van der Waals surface area contributed by atoms with E-state index in [0.29, 0.717) is 17.5 Å². The van der Waals surface area contributed by atoms with E-state index in [0.717, 1.165) is 62.2 Å². The summed E-state index contributed by atoms with van der Waals surface area (Å²) >= 11 is 1.77. The second-order valence-corrected chi connectivity index (χ2v) is 15.2. The van der Waals surface area contributed by atoms with Crippen LogP contribution >= 0.6 is 11.3 Å². The van der Waals surface area contributed by atoms with Gasteiger partial charge in [-0.05, 0) is 66.4 Å². The zero-order valence-corrected chi connectivity index (χ0v) is 31.1. The summed E-state index contributed by atoms with van der Waals surface area (Å²) in [5.74, 6) is 1.80. The predicted octanol–water partition coefficient (Wildman–Crippen LogP) is 13.1. The molecule has 4 nitrogen and oxygen atoms in total. The van der Waals surface area contributed by atoms with Gasteiger partial charge in [-0.3, -0.25) is 0 Å². The fourth-order valence-electron chi connectivity index (χ4n) is 8.15. The van der Waals surface area contributed by atoms with E-state index >= 15 is 0 Å². The number of benzene rings is 6. The number of thiophene rings is 1. The smallest absolute Gasteiger partial charge is 0.172 e. The number of hydrogen-bond donors (Lipinski definition) is 0. The van der Waals surface area contributed by atoms with Crippen molar-refractivity contribution in [3.05, 3.63) is 187 Å². The molecule has 262 valence electrons. The Labute approximate surface area is 328 Å². The molecule has 0 amide bonds. The Hall–Kier alpha value is -7.13. The topological polar surface area (TPSA) is 43.6 Å². The van der Waals surface area contributed by atoms with Crippen molar-refractivity contribution in [3.8, 4) is 62.1 Å². The van der Waals surface area contributed by atoms with Crippen molar-refractivity contribution in [2.24, 2.45) is 0 Å². The van der Waals surface area contributed by atoms with Crippen molar-refractivity contribution in [1.82, 2.24) is 19.5 Å². The van der Waals surface area contributed by atoms with E-state index < -0.39 is 0 Å². The SMILES string of the molecule is c1c(-c2nc(-c3cccc(-c4ccccc4)c3)nc(-c3cccc4c3sc3ccccc34)n2)ccc(-c2ccccc2-n2c3c(c4ccccc42)C=CCC3)c#1. The Morgan fingerprint density at radius 2 is 1.20 bits per heavy atom. The molecular weight excluding hydrogens is 701 g/mol. The molecule has 0 N–H and O–H groups in total. The normalized spacial score (nSPS) is 12.3. The van der Waals surface area contributed by atoms with Gasteiger partial charge < -0.3 is 4.57 Å². The first kappa shape index (κ1) is 32.3. The molecule has 11 rings (SSSR count). The largest absolute Gasteiger partial charge is 0.312 e. The first-order valence-corrected chi connectivity index (χ1v) is 19.7. The molecule has 0 bridgehead atoms. The lowest BCUT2D eigenvalue weighted by atomic mass is 10.0. The quantitative estimate of drug-likeness (QED) is 0.171. The zero-order valence-electron chi connectivity index (χ0n) is 30.3. The fourth-order valence-corrected chi connectivity index (χ4v) is 9.36. The summed E-state index contributed by atoms with van der Waals surface area (Å²) in [5.41, 5.74) is 12.0. The molecular formula is C51H32N4S. The Bertz CT molecular complexity index is 3140. The maximum absolute atomic E-state index is 5.17. The van der Waals surface area contributed by atoms with Crippen LogP contribution in [0.3, 0.4) is 0 Å². The van der Waals surface area contributed by atoms with E-state index in [1.54, 1.807) is 11.3 Å². The van der Waals surface area contributed by atoms with Gasteiger partial charge in [0.05, 0.1) is 16.8 Å². The van der Waals surface area contributed by atoms with E-state index in [2.05, 4.69) is 181 Å². The molecule has 10 aromatic rings. The van der Waals surface area contributed by atoms with Gasteiger partial charge in [-0.15, -0.1) is 11.3 Å². The van der Waals surface area contributed by atoms with Crippen LogP contribution in [-0.2, 0) is 6.42 Å². The maximum atomic E-state index is 5.17. The molecule has 7 aromatic carbocycles. The van der Waals surface area contributed by atoms with Crippen LogP contribution in [0.2, 0.25) is 0 Å². The molecule has 0 radical (unpaired) electrons. The van der Waals surface area contributed by atoms with E-state index in [-0.39, 0.29) is 0 Å². The highest BCUT2D eigenvalue weighted by molar-refractivity contribution is 7.26. The molecule has 5 heteroatoms. The van der Waals surface area contributed by atoms with Crippen LogP contribution in [0.15, 0.2) is 164 Å². The number of allylic oxidation sites excluding steroid dienone is 1. The molecule has 0 saturated heterocycles. The van der Waals surface area contributed by atoms with E-state index in [1.165, 1.54) is 37.6 Å². The molecule has 56 heavy (non-hydrogen) atoms. The zero-order chi connectivity index (χ0) is 37.0. The van der Waals surface area contributed by atoms with Gasteiger partial charge in [-0.1, -0.05) is 140 Å². The number of fused-ring (bicyclic) bond motifs is 6. The number of nitrogens with zero attached hydrogens (tertiary/aromatic N) is 4. The third-order valence-corrected chi connectivity index (χ3v) is 12.0. The van der Waals surface area contributed by atoms with Gasteiger partial charge in [0, 0.05) is 59.1 Å². The molecule has 0 unspecified atom stereocenters. The monoisotopic (exact) mass is 732 g/mol. The van der Waals surface area contributed by atoms with Gasteiger partial charge in [-0.25, -0.2) is 15.0 Å². The summed E-state index contributed by atoms with van der Waals surface area (Å²) in [6.07, 6.45) is 6.60. The van der Waals surface area contributed by atoms with Crippen molar-refractivity contribution in [2.75, 3.05) is 0 Å². The first-order chi connectivity index (χ1) is 27.8. The average Bonchev–Trinajstić information content (AvgIpc) is 3.83. The molecule has 0 fully saturated rings. The average molecular weight is 733 g/mol. The van der Waals surface area contributed by atoms with Crippen molar-refractivity contribution in [2.45, 2.75) is 12.8 Å². The summed E-state index contributed by atoms with van der Waals surface area (Å²) in [7, 11) is 0.